The van der Waals surface area contributed by atoms with Gasteiger partial charge in [-0.3, -0.25) is 19.8 Å². The summed E-state index contributed by atoms with van der Waals surface area (Å²) in [6.45, 7) is 0. The van der Waals surface area contributed by atoms with Gasteiger partial charge in [0, 0.05) is 28.8 Å². The van der Waals surface area contributed by atoms with E-state index in [1.165, 1.54) is 36.4 Å². The molecule has 11 heteroatoms. The van der Waals surface area contributed by atoms with Crippen molar-refractivity contribution in [2.75, 3.05) is 4.90 Å². The molecule has 0 aliphatic heterocycles. The lowest BCUT2D eigenvalue weighted by atomic mass is 10.1. The molecule has 30 heavy (non-hydrogen) atoms. The number of hydrogen-bond acceptors (Lipinski definition) is 5. The van der Waals surface area contributed by atoms with E-state index in [1.54, 1.807) is 0 Å². The number of non-ortho nitro benzene ring substituents is 1. The maximum Gasteiger partial charge on any atom is 0.269 e. The summed E-state index contributed by atoms with van der Waals surface area (Å²) in [4.78, 5) is 24.6. The SMILES string of the molecule is O=C(c1ccc([N+](=O)[O-])cc1)N(c1cc(Cl)c(O)c(Cl)c1)c1c(O)cc(Cl)cc1Cl. The fourth-order valence-corrected chi connectivity index (χ4v) is 3.70. The summed E-state index contributed by atoms with van der Waals surface area (Å²) in [6.07, 6.45) is 0. The lowest BCUT2D eigenvalue weighted by molar-refractivity contribution is -0.384. The number of phenolic OH excluding ortho intramolecular Hbond substituents is 2. The molecule has 0 aromatic heterocycles. The molecule has 7 nitrogen and oxygen atoms in total. The molecule has 0 unspecified atom stereocenters. The number of nitrogens with zero attached hydrogens (tertiary/aromatic N) is 2. The van der Waals surface area contributed by atoms with Gasteiger partial charge in [0.05, 0.1) is 25.7 Å². The summed E-state index contributed by atoms with van der Waals surface area (Å²) >= 11 is 24.1. The van der Waals surface area contributed by atoms with E-state index in [0.717, 1.165) is 17.0 Å². The molecule has 0 saturated heterocycles. The van der Waals surface area contributed by atoms with Gasteiger partial charge in [0.25, 0.3) is 11.6 Å². The van der Waals surface area contributed by atoms with Crippen LogP contribution in [0.2, 0.25) is 20.1 Å². The number of anilines is 2. The summed E-state index contributed by atoms with van der Waals surface area (Å²) in [5.41, 5.74) is -0.208. The highest BCUT2D eigenvalue weighted by Gasteiger charge is 2.27. The minimum absolute atomic E-state index is 0.0475. The average Bonchev–Trinajstić information content (AvgIpc) is 2.68. The van der Waals surface area contributed by atoms with E-state index in [0.29, 0.717) is 0 Å². The number of benzene rings is 3. The number of phenols is 2. The van der Waals surface area contributed by atoms with Crippen molar-refractivity contribution >= 4 is 69.4 Å². The van der Waals surface area contributed by atoms with E-state index in [1.807, 2.05) is 0 Å². The lowest BCUT2D eigenvalue weighted by Gasteiger charge is -2.25. The van der Waals surface area contributed by atoms with Crippen molar-refractivity contribution in [3.8, 4) is 11.5 Å². The molecule has 2 N–H and O–H groups in total. The van der Waals surface area contributed by atoms with E-state index in [-0.39, 0.29) is 42.7 Å². The van der Waals surface area contributed by atoms with Gasteiger partial charge in [0.1, 0.15) is 11.4 Å². The van der Waals surface area contributed by atoms with Crippen LogP contribution in [0.4, 0.5) is 17.1 Å². The molecule has 3 aromatic carbocycles. The Morgan fingerprint density at radius 1 is 0.900 bits per heavy atom. The largest absolute Gasteiger partial charge is 0.506 e. The number of nitro groups is 1. The highest BCUT2D eigenvalue weighted by atomic mass is 35.5. The zero-order valence-corrected chi connectivity index (χ0v) is 17.7. The molecule has 0 spiro atoms. The van der Waals surface area contributed by atoms with Gasteiger partial charge < -0.3 is 10.2 Å². The number of amides is 1. The molecule has 0 fully saturated rings. The summed E-state index contributed by atoms with van der Waals surface area (Å²) in [5, 5.41) is 30.9. The van der Waals surface area contributed by atoms with Gasteiger partial charge in [-0.2, -0.15) is 0 Å². The first kappa shape index (κ1) is 22.0. The van der Waals surface area contributed by atoms with Crippen molar-refractivity contribution in [1.82, 2.24) is 0 Å². The van der Waals surface area contributed by atoms with Crippen LogP contribution in [0.25, 0.3) is 0 Å². The van der Waals surface area contributed by atoms with E-state index >= 15 is 0 Å². The zero-order valence-electron chi connectivity index (χ0n) is 14.6. The maximum absolute atomic E-state index is 13.3. The Morgan fingerprint density at radius 3 is 1.97 bits per heavy atom. The van der Waals surface area contributed by atoms with Gasteiger partial charge in [0.15, 0.2) is 5.75 Å². The number of nitro benzene ring substituents is 1. The van der Waals surface area contributed by atoms with Gasteiger partial charge >= 0.3 is 0 Å². The molecule has 0 heterocycles. The normalized spacial score (nSPS) is 10.7. The molecule has 0 aliphatic rings. The molecule has 1 amide bonds. The third-order valence-corrected chi connectivity index (χ3v) is 5.10. The summed E-state index contributed by atoms with van der Waals surface area (Å²) in [7, 11) is 0. The number of hydrogen-bond donors (Lipinski definition) is 2. The van der Waals surface area contributed by atoms with Crippen LogP contribution in [0.1, 0.15) is 10.4 Å². The second-order valence-electron chi connectivity index (χ2n) is 5.96. The molecular weight excluding hydrogens is 478 g/mol. The lowest BCUT2D eigenvalue weighted by Crippen LogP contribution is -2.26. The second-order valence-corrected chi connectivity index (χ2v) is 7.62. The van der Waals surface area contributed by atoms with Crippen molar-refractivity contribution in [3.63, 3.8) is 0 Å². The number of carbonyl (C=O) groups excluding carboxylic acids is 1. The van der Waals surface area contributed by atoms with Gasteiger partial charge in [-0.05, 0) is 30.3 Å². The van der Waals surface area contributed by atoms with E-state index in [9.17, 15) is 25.1 Å². The summed E-state index contributed by atoms with van der Waals surface area (Å²) < 4.78 is 0. The number of halogens is 4. The van der Waals surface area contributed by atoms with Crippen LogP contribution >= 0.6 is 46.4 Å². The summed E-state index contributed by atoms with van der Waals surface area (Å²) in [6, 6.07) is 9.81. The van der Waals surface area contributed by atoms with Crippen LogP contribution in [0, 0.1) is 10.1 Å². The quantitative estimate of drug-likeness (QED) is 0.318. The third kappa shape index (κ3) is 4.24. The Morgan fingerprint density at radius 2 is 1.47 bits per heavy atom. The molecule has 0 saturated carbocycles. The second kappa shape index (κ2) is 8.57. The average molecular weight is 488 g/mol. The standard InChI is InChI=1S/C19H10Cl4N2O5/c20-10-5-13(21)17(16(26)6-10)24(12-7-14(22)18(27)15(23)8-12)19(28)9-1-3-11(4-2-9)25(29)30/h1-8,26-27H. The Balaban J connectivity index is 2.22. The van der Waals surface area contributed by atoms with Crippen LogP contribution in [-0.4, -0.2) is 21.0 Å². The highest BCUT2D eigenvalue weighted by Crippen LogP contribution is 2.45. The van der Waals surface area contributed by atoms with Crippen LogP contribution in [0.3, 0.4) is 0 Å². The predicted octanol–water partition coefficient (Wildman–Crippen LogP) is 6.60. The minimum atomic E-state index is -0.706. The van der Waals surface area contributed by atoms with Crippen molar-refractivity contribution in [2.45, 2.75) is 0 Å². The molecule has 0 bridgehead atoms. The van der Waals surface area contributed by atoms with E-state index in [2.05, 4.69) is 0 Å². The smallest absolute Gasteiger partial charge is 0.269 e. The Hall–Kier alpha value is -2.71. The third-order valence-electron chi connectivity index (χ3n) is 4.02. The molecular formula is C19H10Cl4N2O5. The fraction of sp³-hybridized carbons (Fsp3) is 0. The fourth-order valence-electron chi connectivity index (χ4n) is 2.66. The first-order valence-corrected chi connectivity index (χ1v) is 9.56. The van der Waals surface area contributed by atoms with Crippen molar-refractivity contribution in [2.24, 2.45) is 0 Å². The van der Waals surface area contributed by atoms with Crippen molar-refractivity contribution < 1.29 is 19.9 Å². The first-order chi connectivity index (χ1) is 14.1. The highest BCUT2D eigenvalue weighted by molar-refractivity contribution is 6.39. The molecule has 3 aromatic rings. The zero-order chi connectivity index (χ0) is 22.2. The number of aromatic hydroxyl groups is 2. The molecule has 154 valence electrons. The van der Waals surface area contributed by atoms with E-state index < -0.39 is 22.3 Å². The monoisotopic (exact) mass is 486 g/mol. The number of carbonyl (C=O) groups is 1. The van der Waals surface area contributed by atoms with Gasteiger partial charge in [0.2, 0.25) is 0 Å². The van der Waals surface area contributed by atoms with Gasteiger partial charge in [-0.15, -0.1) is 0 Å². The van der Waals surface area contributed by atoms with Crippen LogP contribution in [0.15, 0.2) is 48.5 Å². The maximum atomic E-state index is 13.3. The topological polar surface area (TPSA) is 104 Å². The minimum Gasteiger partial charge on any atom is -0.506 e. The van der Waals surface area contributed by atoms with Gasteiger partial charge in [-0.1, -0.05) is 46.4 Å². The predicted molar refractivity (Wildman–Crippen MR) is 116 cm³/mol. The Bertz CT molecular complexity index is 1120. The van der Waals surface area contributed by atoms with Gasteiger partial charge in [-0.25, -0.2) is 0 Å². The molecule has 0 aliphatic carbocycles. The molecule has 3 rings (SSSR count). The van der Waals surface area contributed by atoms with E-state index in [4.69, 9.17) is 46.4 Å². The van der Waals surface area contributed by atoms with Crippen LogP contribution in [0.5, 0.6) is 11.5 Å². The first-order valence-electron chi connectivity index (χ1n) is 8.05. The van der Waals surface area contributed by atoms with Crippen LogP contribution in [-0.2, 0) is 0 Å². The number of rotatable bonds is 4. The molecule has 0 radical (unpaired) electrons. The van der Waals surface area contributed by atoms with Crippen LogP contribution < -0.4 is 4.90 Å². The molecule has 0 atom stereocenters. The Kier molecular flexibility index (Phi) is 6.28. The van der Waals surface area contributed by atoms with Crippen molar-refractivity contribution in [3.05, 3.63) is 84.3 Å². The summed E-state index contributed by atoms with van der Waals surface area (Å²) in [5.74, 6) is -1.51. The Labute approximate surface area is 189 Å². The van der Waals surface area contributed by atoms with Crippen molar-refractivity contribution in [1.29, 1.82) is 0 Å².